The third-order valence-electron chi connectivity index (χ3n) is 15.7. The highest BCUT2D eigenvalue weighted by molar-refractivity contribution is 5.76. The number of aliphatic hydroxyl groups excluding tert-OH is 2. The second kappa shape index (κ2) is 63.9. The van der Waals surface area contributed by atoms with E-state index in [1.807, 2.05) is 6.08 Å². The molecule has 0 spiro atoms. The van der Waals surface area contributed by atoms with Crippen molar-refractivity contribution in [3.05, 3.63) is 24.3 Å². The molecule has 0 saturated carbocycles. The van der Waals surface area contributed by atoms with Crippen LogP contribution in [0.5, 0.6) is 0 Å². The first-order valence-corrected chi connectivity index (χ1v) is 33.6. The van der Waals surface area contributed by atoms with Crippen LogP contribution in [-0.2, 0) is 14.3 Å². The maximum absolute atomic E-state index is 12.5. The summed E-state index contributed by atoms with van der Waals surface area (Å²) in [6.07, 6.45) is 79.5. The zero-order chi connectivity index (χ0) is 53.6. The number of allylic oxidation sites excluding steroid dienone is 3. The van der Waals surface area contributed by atoms with Gasteiger partial charge in [-0.15, -0.1) is 0 Å². The van der Waals surface area contributed by atoms with E-state index in [1.54, 1.807) is 6.08 Å². The third kappa shape index (κ3) is 59.6. The van der Waals surface area contributed by atoms with Crippen molar-refractivity contribution in [2.45, 2.75) is 386 Å². The Kier molecular flexibility index (Phi) is 62.4. The van der Waals surface area contributed by atoms with Crippen molar-refractivity contribution >= 4 is 11.9 Å². The minimum Gasteiger partial charge on any atom is -0.466 e. The monoisotopic (exact) mass is 1040 g/mol. The van der Waals surface area contributed by atoms with Crippen LogP contribution in [0.25, 0.3) is 0 Å². The van der Waals surface area contributed by atoms with Gasteiger partial charge in [-0.2, -0.15) is 0 Å². The Morgan fingerprint density at radius 3 is 0.959 bits per heavy atom. The molecule has 0 aromatic rings. The summed E-state index contributed by atoms with van der Waals surface area (Å²) < 4.78 is 5.49. The summed E-state index contributed by atoms with van der Waals surface area (Å²) in [7, 11) is 0. The zero-order valence-corrected chi connectivity index (χ0v) is 50.1. The topological polar surface area (TPSA) is 95.9 Å². The fourth-order valence-corrected chi connectivity index (χ4v) is 10.6. The first kappa shape index (κ1) is 72.3. The lowest BCUT2D eigenvalue weighted by atomic mass is 10.0. The van der Waals surface area contributed by atoms with Crippen LogP contribution < -0.4 is 5.32 Å². The molecule has 0 saturated heterocycles. The Morgan fingerprint density at radius 2 is 0.635 bits per heavy atom. The zero-order valence-electron chi connectivity index (χ0n) is 50.1. The van der Waals surface area contributed by atoms with Gasteiger partial charge >= 0.3 is 5.97 Å². The molecule has 0 fully saturated rings. The van der Waals surface area contributed by atoms with Crippen LogP contribution in [0.15, 0.2) is 24.3 Å². The van der Waals surface area contributed by atoms with Crippen LogP contribution in [0.1, 0.15) is 373 Å². The molecule has 2 unspecified atom stereocenters. The van der Waals surface area contributed by atoms with Gasteiger partial charge in [-0.3, -0.25) is 9.59 Å². The van der Waals surface area contributed by atoms with Gasteiger partial charge in [0, 0.05) is 12.8 Å². The Labute approximate surface area is 462 Å². The summed E-state index contributed by atoms with van der Waals surface area (Å²) in [6, 6.07) is -0.635. The normalized spacial score (nSPS) is 12.6. The number of carbonyl (C=O) groups is 2. The van der Waals surface area contributed by atoms with Crippen molar-refractivity contribution in [3.8, 4) is 0 Å². The van der Waals surface area contributed by atoms with Crippen LogP contribution >= 0.6 is 0 Å². The highest BCUT2D eigenvalue weighted by Crippen LogP contribution is 2.18. The van der Waals surface area contributed by atoms with Gasteiger partial charge in [-0.25, -0.2) is 0 Å². The summed E-state index contributed by atoms with van der Waals surface area (Å²) >= 11 is 0. The Balaban J connectivity index is 3.44. The number of esters is 1. The largest absolute Gasteiger partial charge is 0.466 e. The van der Waals surface area contributed by atoms with E-state index in [0.29, 0.717) is 19.4 Å². The summed E-state index contributed by atoms with van der Waals surface area (Å²) in [5.74, 6) is -0.0632. The van der Waals surface area contributed by atoms with Gasteiger partial charge in [0.05, 0.1) is 25.4 Å². The van der Waals surface area contributed by atoms with Crippen molar-refractivity contribution in [1.29, 1.82) is 0 Å². The van der Waals surface area contributed by atoms with Gasteiger partial charge < -0.3 is 20.3 Å². The second-order valence-corrected chi connectivity index (χ2v) is 23.2. The molecule has 74 heavy (non-hydrogen) atoms. The van der Waals surface area contributed by atoms with Gasteiger partial charge in [0.15, 0.2) is 0 Å². The van der Waals surface area contributed by atoms with E-state index in [2.05, 4.69) is 31.3 Å². The van der Waals surface area contributed by atoms with E-state index in [-0.39, 0.29) is 18.5 Å². The molecule has 6 nitrogen and oxygen atoms in total. The molecule has 0 aliphatic heterocycles. The molecule has 0 aliphatic rings. The van der Waals surface area contributed by atoms with Gasteiger partial charge in [0.25, 0.3) is 0 Å². The molecule has 0 bridgehead atoms. The third-order valence-corrected chi connectivity index (χ3v) is 15.7. The highest BCUT2D eigenvalue weighted by Gasteiger charge is 2.18. The van der Waals surface area contributed by atoms with Crippen LogP contribution in [0.4, 0.5) is 0 Å². The number of hydrogen-bond donors (Lipinski definition) is 3. The predicted octanol–water partition coefficient (Wildman–Crippen LogP) is 21.4. The molecular formula is C68H131NO5. The molecule has 0 aliphatic carbocycles. The van der Waals surface area contributed by atoms with Crippen molar-refractivity contribution in [2.24, 2.45) is 0 Å². The number of nitrogens with one attached hydrogen (secondary N) is 1. The number of unbranched alkanes of at least 4 members (excludes halogenated alkanes) is 50. The van der Waals surface area contributed by atoms with Crippen molar-refractivity contribution in [1.82, 2.24) is 5.32 Å². The smallest absolute Gasteiger partial charge is 0.305 e. The molecule has 0 aromatic heterocycles. The summed E-state index contributed by atoms with van der Waals surface area (Å²) in [6.45, 7) is 4.93. The SMILES string of the molecule is CCCCCCCCCCCCCCCCCCCCC/C=C/C(O)C(CO)NC(=O)CCCCCCCCC/C=C\CCCCCCCCCCCOC(=O)CCCCCCCCCCCCCCCCCC. The average molecular weight is 1040 g/mol. The minimum atomic E-state index is -0.851. The number of rotatable bonds is 63. The molecule has 2 atom stereocenters. The van der Waals surface area contributed by atoms with Crippen LogP contribution in [-0.4, -0.2) is 47.4 Å². The average Bonchev–Trinajstić information content (AvgIpc) is 3.40. The van der Waals surface area contributed by atoms with E-state index < -0.39 is 12.1 Å². The standard InChI is InChI=1S/C68H131NO5/c1-3-5-7-9-11-13-15-17-19-21-22-23-26-29-32-36-40-44-48-52-56-60-66(71)65(64-70)69-67(72)61-57-53-49-45-41-37-33-30-27-24-25-28-31-35-39-43-47-51-55-59-63-74-68(73)62-58-54-50-46-42-38-34-20-18-16-14-12-10-8-6-4-2/h24,27,56,60,65-66,70-71H,3-23,25-26,28-55,57-59,61-64H2,1-2H3,(H,69,72)/b27-24-,60-56+. The minimum absolute atomic E-state index is 0.00974. The molecule has 1 amide bonds. The molecule has 0 rings (SSSR count). The Bertz CT molecular complexity index is 1150. The number of carbonyl (C=O) groups excluding carboxylic acids is 2. The number of hydrogen-bond acceptors (Lipinski definition) is 5. The molecule has 6 heteroatoms. The molecule has 438 valence electrons. The maximum atomic E-state index is 12.5. The first-order chi connectivity index (χ1) is 36.5. The lowest BCUT2D eigenvalue weighted by molar-refractivity contribution is -0.143. The number of aliphatic hydroxyl groups is 2. The molecule has 0 radical (unpaired) electrons. The number of ether oxygens (including phenoxy) is 1. The van der Waals surface area contributed by atoms with E-state index in [0.717, 1.165) is 44.9 Å². The van der Waals surface area contributed by atoms with Gasteiger partial charge in [0.1, 0.15) is 0 Å². The van der Waals surface area contributed by atoms with Crippen molar-refractivity contribution < 1.29 is 24.5 Å². The van der Waals surface area contributed by atoms with Gasteiger partial charge in [-0.1, -0.05) is 327 Å². The van der Waals surface area contributed by atoms with E-state index in [9.17, 15) is 19.8 Å². The molecular weight excluding hydrogens is 911 g/mol. The maximum Gasteiger partial charge on any atom is 0.305 e. The Morgan fingerprint density at radius 1 is 0.365 bits per heavy atom. The quantitative estimate of drug-likeness (QED) is 0.0320. The molecule has 0 heterocycles. The lowest BCUT2D eigenvalue weighted by Gasteiger charge is -2.20. The summed E-state index contributed by atoms with van der Waals surface area (Å²) in [5, 5.41) is 23.2. The fraction of sp³-hybridized carbons (Fsp3) is 0.912. The second-order valence-electron chi connectivity index (χ2n) is 23.2. The van der Waals surface area contributed by atoms with Crippen LogP contribution in [0.2, 0.25) is 0 Å². The first-order valence-electron chi connectivity index (χ1n) is 33.6. The van der Waals surface area contributed by atoms with E-state index >= 15 is 0 Å². The van der Waals surface area contributed by atoms with Gasteiger partial charge in [-0.05, 0) is 57.8 Å². The highest BCUT2D eigenvalue weighted by atomic mass is 16.5. The molecule has 0 aromatic carbocycles. The van der Waals surface area contributed by atoms with E-state index in [1.165, 1.54) is 302 Å². The lowest BCUT2D eigenvalue weighted by Crippen LogP contribution is -2.45. The van der Waals surface area contributed by atoms with Gasteiger partial charge in [0.2, 0.25) is 5.91 Å². The Hall–Kier alpha value is -1.66. The van der Waals surface area contributed by atoms with Crippen molar-refractivity contribution in [2.75, 3.05) is 13.2 Å². The molecule has 3 N–H and O–H groups in total. The summed E-state index contributed by atoms with van der Waals surface area (Å²) in [4.78, 5) is 24.6. The van der Waals surface area contributed by atoms with Crippen LogP contribution in [0.3, 0.4) is 0 Å². The fourth-order valence-electron chi connectivity index (χ4n) is 10.6. The summed E-state index contributed by atoms with van der Waals surface area (Å²) in [5.41, 5.74) is 0. The van der Waals surface area contributed by atoms with E-state index in [4.69, 9.17) is 4.74 Å². The predicted molar refractivity (Wildman–Crippen MR) is 324 cm³/mol. The number of amides is 1. The van der Waals surface area contributed by atoms with Crippen LogP contribution in [0, 0.1) is 0 Å². The van der Waals surface area contributed by atoms with Crippen molar-refractivity contribution in [3.63, 3.8) is 0 Å².